The van der Waals surface area contributed by atoms with Crippen LogP contribution >= 0.6 is 0 Å². The Hall–Kier alpha value is -1.91. The predicted molar refractivity (Wildman–Crippen MR) is 96.7 cm³/mol. The van der Waals surface area contributed by atoms with Gasteiger partial charge in [0.1, 0.15) is 5.82 Å². The number of benzene rings is 1. The minimum absolute atomic E-state index is 0.0254. The molecule has 1 saturated carbocycles. The summed E-state index contributed by atoms with van der Waals surface area (Å²) in [5.74, 6) is -0.481. The Kier molecular flexibility index (Phi) is 7.89. The number of nitrogens with one attached hydrogen (secondary N) is 2. The number of rotatable bonds is 8. The van der Waals surface area contributed by atoms with E-state index in [1.54, 1.807) is 12.1 Å². The van der Waals surface area contributed by atoms with E-state index < -0.39 is 0 Å². The first kappa shape index (κ1) is 19.4. The molecule has 1 aromatic rings. The molecule has 0 aromatic heterocycles. The van der Waals surface area contributed by atoms with Crippen LogP contribution in [0.2, 0.25) is 0 Å². The molecule has 1 atom stereocenters. The van der Waals surface area contributed by atoms with E-state index in [0.717, 1.165) is 44.1 Å². The van der Waals surface area contributed by atoms with Gasteiger partial charge in [0.15, 0.2) is 0 Å². The highest BCUT2D eigenvalue weighted by Gasteiger charge is 2.18. The van der Waals surface area contributed by atoms with Gasteiger partial charge in [0.2, 0.25) is 11.8 Å². The Morgan fingerprint density at radius 2 is 1.80 bits per heavy atom. The summed E-state index contributed by atoms with van der Waals surface area (Å²) in [4.78, 5) is 24.2. The number of halogens is 1. The van der Waals surface area contributed by atoms with Crippen molar-refractivity contribution >= 4 is 11.8 Å². The van der Waals surface area contributed by atoms with Gasteiger partial charge in [0.05, 0.1) is 6.54 Å². The average molecular weight is 348 g/mol. The summed E-state index contributed by atoms with van der Waals surface area (Å²) < 4.78 is 13.1. The van der Waals surface area contributed by atoms with E-state index in [-0.39, 0.29) is 36.1 Å². The molecule has 1 aliphatic carbocycles. The van der Waals surface area contributed by atoms with Crippen molar-refractivity contribution in [3.05, 3.63) is 35.6 Å². The van der Waals surface area contributed by atoms with Crippen LogP contribution in [0.25, 0.3) is 0 Å². The number of hydrogen-bond acceptors (Lipinski definition) is 2. The van der Waals surface area contributed by atoms with Gasteiger partial charge in [-0.25, -0.2) is 4.39 Å². The SMILES string of the molecule is CCCC(CC(=O)NCC(=O)NC1CCCCC1)c1ccc(F)cc1. The summed E-state index contributed by atoms with van der Waals surface area (Å²) in [6.45, 7) is 2.09. The zero-order valence-corrected chi connectivity index (χ0v) is 15.0. The molecule has 0 heterocycles. The zero-order chi connectivity index (χ0) is 18.1. The Morgan fingerprint density at radius 3 is 2.44 bits per heavy atom. The minimum Gasteiger partial charge on any atom is -0.352 e. The molecule has 0 radical (unpaired) electrons. The van der Waals surface area contributed by atoms with Crippen molar-refractivity contribution in [1.82, 2.24) is 10.6 Å². The van der Waals surface area contributed by atoms with E-state index in [0.29, 0.717) is 6.42 Å². The molecule has 0 bridgehead atoms. The van der Waals surface area contributed by atoms with Crippen molar-refractivity contribution in [1.29, 1.82) is 0 Å². The first-order chi connectivity index (χ1) is 12.1. The third-order valence-electron chi connectivity index (χ3n) is 4.83. The average Bonchev–Trinajstić information content (AvgIpc) is 2.61. The van der Waals surface area contributed by atoms with E-state index in [1.807, 2.05) is 0 Å². The van der Waals surface area contributed by atoms with E-state index in [4.69, 9.17) is 0 Å². The smallest absolute Gasteiger partial charge is 0.239 e. The summed E-state index contributed by atoms with van der Waals surface area (Å²) >= 11 is 0. The fourth-order valence-electron chi connectivity index (χ4n) is 3.47. The van der Waals surface area contributed by atoms with Gasteiger partial charge in [-0.1, -0.05) is 44.7 Å². The fraction of sp³-hybridized carbons (Fsp3) is 0.600. The van der Waals surface area contributed by atoms with Crippen molar-refractivity contribution in [3.8, 4) is 0 Å². The van der Waals surface area contributed by atoms with Gasteiger partial charge in [-0.05, 0) is 42.9 Å². The molecule has 2 N–H and O–H groups in total. The molecule has 1 aliphatic rings. The van der Waals surface area contributed by atoms with Gasteiger partial charge >= 0.3 is 0 Å². The van der Waals surface area contributed by atoms with Gasteiger partial charge in [-0.2, -0.15) is 0 Å². The Morgan fingerprint density at radius 1 is 1.12 bits per heavy atom. The molecular formula is C20H29FN2O2. The van der Waals surface area contributed by atoms with Gasteiger partial charge in [0.25, 0.3) is 0 Å². The number of carbonyl (C=O) groups is 2. The zero-order valence-electron chi connectivity index (χ0n) is 15.0. The molecule has 25 heavy (non-hydrogen) atoms. The van der Waals surface area contributed by atoms with Crippen LogP contribution in [-0.2, 0) is 9.59 Å². The second kappa shape index (κ2) is 10.2. The second-order valence-electron chi connectivity index (χ2n) is 6.92. The van der Waals surface area contributed by atoms with Crippen LogP contribution in [-0.4, -0.2) is 24.4 Å². The van der Waals surface area contributed by atoms with Crippen LogP contribution in [0, 0.1) is 5.82 Å². The third kappa shape index (κ3) is 6.85. The topological polar surface area (TPSA) is 58.2 Å². The molecule has 0 aliphatic heterocycles. The molecule has 0 saturated heterocycles. The minimum atomic E-state index is -0.275. The van der Waals surface area contributed by atoms with Gasteiger partial charge in [-0.15, -0.1) is 0 Å². The quantitative estimate of drug-likeness (QED) is 0.753. The summed E-state index contributed by atoms with van der Waals surface area (Å²) in [6.07, 6.45) is 7.74. The maximum absolute atomic E-state index is 13.1. The van der Waals surface area contributed by atoms with E-state index in [2.05, 4.69) is 17.6 Å². The maximum atomic E-state index is 13.1. The lowest BCUT2D eigenvalue weighted by atomic mass is 9.91. The van der Waals surface area contributed by atoms with Gasteiger partial charge < -0.3 is 10.6 Å². The highest BCUT2D eigenvalue weighted by molar-refractivity contribution is 5.85. The second-order valence-corrected chi connectivity index (χ2v) is 6.92. The maximum Gasteiger partial charge on any atom is 0.239 e. The molecule has 2 rings (SSSR count). The molecule has 1 aromatic carbocycles. The number of hydrogen-bond donors (Lipinski definition) is 2. The lowest BCUT2D eigenvalue weighted by Gasteiger charge is -2.23. The molecule has 0 spiro atoms. The van der Waals surface area contributed by atoms with E-state index >= 15 is 0 Å². The predicted octanol–water partition coefficient (Wildman–Crippen LogP) is 3.66. The van der Waals surface area contributed by atoms with Gasteiger partial charge in [0, 0.05) is 12.5 Å². The van der Waals surface area contributed by atoms with Crippen LogP contribution in [0.1, 0.15) is 69.8 Å². The molecule has 138 valence electrons. The van der Waals surface area contributed by atoms with Crippen LogP contribution in [0.15, 0.2) is 24.3 Å². The molecule has 2 amide bonds. The normalized spacial score (nSPS) is 16.2. The lowest BCUT2D eigenvalue weighted by molar-refractivity contribution is -0.126. The first-order valence-electron chi connectivity index (χ1n) is 9.40. The standard InChI is InChI=1S/C20H29FN2O2/c1-2-6-16(15-9-11-17(21)12-10-15)13-19(24)22-14-20(25)23-18-7-4-3-5-8-18/h9-12,16,18H,2-8,13-14H2,1H3,(H,22,24)(H,23,25). The highest BCUT2D eigenvalue weighted by atomic mass is 19.1. The highest BCUT2D eigenvalue weighted by Crippen LogP contribution is 2.25. The van der Waals surface area contributed by atoms with Crippen molar-refractivity contribution < 1.29 is 14.0 Å². The molecule has 5 heteroatoms. The van der Waals surface area contributed by atoms with Crippen molar-refractivity contribution in [2.24, 2.45) is 0 Å². The van der Waals surface area contributed by atoms with Crippen molar-refractivity contribution in [3.63, 3.8) is 0 Å². The molecular weight excluding hydrogens is 319 g/mol. The van der Waals surface area contributed by atoms with Gasteiger partial charge in [-0.3, -0.25) is 9.59 Å². The van der Waals surface area contributed by atoms with E-state index in [1.165, 1.54) is 18.6 Å². The monoisotopic (exact) mass is 348 g/mol. The van der Waals surface area contributed by atoms with Crippen LogP contribution in [0.4, 0.5) is 4.39 Å². The number of amides is 2. The van der Waals surface area contributed by atoms with Crippen LogP contribution < -0.4 is 10.6 Å². The van der Waals surface area contributed by atoms with Crippen molar-refractivity contribution in [2.75, 3.05) is 6.54 Å². The fourth-order valence-corrected chi connectivity index (χ4v) is 3.47. The largest absolute Gasteiger partial charge is 0.352 e. The summed E-state index contributed by atoms with van der Waals surface area (Å²) in [7, 11) is 0. The Balaban J connectivity index is 1.78. The number of carbonyl (C=O) groups excluding carboxylic acids is 2. The first-order valence-corrected chi connectivity index (χ1v) is 9.40. The lowest BCUT2D eigenvalue weighted by Crippen LogP contribution is -2.42. The van der Waals surface area contributed by atoms with Crippen LogP contribution in [0.5, 0.6) is 0 Å². The molecule has 1 fully saturated rings. The summed E-state index contributed by atoms with van der Waals surface area (Å²) in [5.41, 5.74) is 0.963. The molecule has 1 unspecified atom stereocenters. The van der Waals surface area contributed by atoms with E-state index in [9.17, 15) is 14.0 Å². The summed E-state index contributed by atoms with van der Waals surface area (Å²) in [6, 6.07) is 6.57. The third-order valence-corrected chi connectivity index (χ3v) is 4.83. The summed E-state index contributed by atoms with van der Waals surface area (Å²) in [5, 5.41) is 5.71. The van der Waals surface area contributed by atoms with Crippen molar-refractivity contribution in [2.45, 2.75) is 70.3 Å². The Labute approximate surface area is 149 Å². The molecule has 4 nitrogen and oxygen atoms in total. The Bertz CT molecular complexity index is 553. The van der Waals surface area contributed by atoms with Crippen LogP contribution in [0.3, 0.4) is 0 Å².